The molecular weight excluding hydrogens is 336 g/mol. The van der Waals surface area contributed by atoms with Crippen molar-refractivity contribution in [1.29, 1.82) is 0 Å². The number of hydrogen-bond acceptors (Lipinski definition) is 3. The number of aliphatic hydroxyl groups is 1. The highest BCUT2D eigenvalue weighted by Gasteiger charge is 2.52. The van der Waals surface area contributed by atoms with E-state index in [9.17, 15) is 5.11 Å². The lowest BCUT2D eigenvalue weighted by Crippen LogP contribution is -2.41. The highest BCUT2D eigenvalue weighted by atomic mass is 16.5. The monoisotopic (exact) mass is 365 g/mol. The molecule has 4 heteroatoms. The van der Waals surface area contributed by atoms with E-state index < -0.39 is 5.72 Å². The fourth-order valence-corrected chi connectivity index (χ4v) is 4.36. The van der Waals surface area contributed by atoms with E-state index in [0.717, 1.165) is 30.7 Å². The molecule has 142 valence electrons. The van der Waals surface area contributed by atoms with Gasteiger partial charge in [0, 0.05) is 12.0 Å². The molecule has 2 aliphatic rings. The maximum atomic E-state index is 11.8. The summed E-state index contributed by atoms with van der Waals surface area (Å²) in [6.07, 6.45) is 3.29. The molecule has 4 rings (SSSR count). The molecule has 0 bridgehead atoms. The van der Waals surface area contributed by atoms with Gasteiger partial charge in [0.2, 0.25) is 0 Å². The van der Waals surface area contributed by atoms with Crippen molar-refractivity contribution in [2.24, 2.45) is 0 Å². The first-order valence-corrected chi connectivity index (χ1v) is 9.97. The topological polar surface area (TPSA) is 35.7 Å². The lowest BCUT2D eigenvalue weighted by molar-refractivity contribution is -0.661. The Balaban J connectivity index is 1.76. The van der Waals surface area contributed by atoms with Crippen LogP contribution in [-0.2, 0) is 5.72 Å². The predicted octanol–water partition coefficient (Wildman–Crippen LogP) is 3.96. The summed E-state index contributed by atoms with van der Waals surface area (Å²) >= 11 is 0. The summed E-state index contributed by atoms with van der Waals surface area (Å²) in [5.74, 6) is 2.09. The number of benzene rings is 2. The van der Waals surface area contributed by atoms with Gasteiger partial charge in [-0.25, -0.2) is 9.48 Å². The summed E-state index contributed by atoms with van der Waals surface area (Å²) in [5.41, 5.74) is 3.62. The van der Waals surface area contributed by atoms with E-state index in [4.69, 9.17) is 4.74 Å². The maximum absolute atomic E-state index is 11.8. The van der Waals surface area contributed by atoms with Gasteiger partial charge in [-0.2, -0.15) is 0 Å². The van der Waals surface area contributed by atoms with Crippen molar-refractivity contribution in [2.45, 2.75) is 45.8 Å². The maximum Gasteiger partial charge on any atom is 0.271 e. The molecule has 0 fully saturated rings. The highest BCUT2D eigenvalue weighted by Crippen LogP contribution is 2.37. The molecule has 2 aromatic carbocycles. The van der Waals surface area contributed by atoms with E-state index in [1.807, 2.05) is 31.2 Å². The zero-order valence-electron chi connectivity index (χ0n) is 16.5. The number of nitrogens with zero attached hydrogens (tertiary/aromatic N) is 2. The Hall–Kier alpha value is -2.33. The molecule has 0 spiro atoms. The minimum absolute atomic E-state index is 0.556. The van der Waals surface area contributed by atoms with Crippen LogP contribution in [0.25, 0.3) is 0 Å². The third kappa shape index (κ3) is 3.12. The number of amidine groups is 1. The minimum Gasteiger partial charge on any atom is -0.494 e. The summed E-state index contributed by atoms with van der Waals surface area (Å²) in [5, 5.41) is 11.8. The van der Waals surface area contributed by atoms with Crippen molar-refractivity contribution in [3.8, 4) is 5.75 Å². The third-order valence-electron chi connectivity index (χ3n) is 5.76. The third-order valence-corrected chi connectivity index (χ3v) is 5.76. The molecule has 0 saturated carbocycles. The second kappa shape index (κ2) is 7.01. The van der Waals surface area contributed by atoms with Crippen molar-refractivity contribution in [1.82, 2.24) is 0 Å². The van der Waals surface area contributed by atoms with E-state index in [2.05, 4.69) is 41.5 Å². The average molecular weight is 365 g/mol. The lowest BCUT2D eigenvalue weighted by Gasteiger charge is -2.24. The van der Waals surface area contributed by atoms with E-state index in [1.165, 1.54) is 29.1 Å². The van der Waals surface area contributed by atoms with Crippen LogP contribution in [0.4, 0.5) is 5.69 Å². The standard InChI is InChI=1S/C23H29N2O2/c1-4-27-20-12-10-19(11-13-20)23(26)16-24(22-7-5-6-14-25(22)23)21-15-17(2)8-9-18(21)3/h8-13,15,26H,4-7,14,16H2,1-3H3/q+1/t23-/m1/s1. The lowest BCUT2D eigenvalue weighted by atomic mass is 10.0. The van der Waals surface area contributed by atoms with Gasteiger partial charge < -0.3 is 9.84 Å². The second-order valence-electron chi connectivity index (χ2n) is 7.68. The fraction of sp³-hybridized carbons (Fsp3) is 0.435. The number of aryl methyl sites for hydroxylation is 2. The molecule has 27 heavy (non-hydrogen) atoms. The van der Waals surface area contributed by atoms with Gasteiger partial charge in [-0.05, 0) is 75.1 Å². The summed E-state index contributed by atoms with van der Waals surface area (Å²) in [6.45, 7) is 8.35. The second-order valence-corrected chi connectivity index (χ2v) is 7.68. The van der Waals surface area contributed by atoms with Crippen molar-refractivity contribution in [3.63, 3.8) is 0 Å². The molecule has 0 unspecified atom stereocenters. The molecule has 2 aliphatic heterocycles. The van der Waals surface area contributed by atoms with Crippen molar-refractivity contribution < 1.29 is 14.4 Å². The van der Waals surface area contributed by atoms with Crippen molar-refractivity contribution in [3.05, 3.63) is 59.2 Å². The molecular formula is C23H29N2O2+. The first-order valence-electron chi connectivity index (χ1n) is 9.97. The normalized spacial score (nSPS) is 22.1. The fourth-order valence-electron chi connectivity index (χ4n) is 4.36. The van der Waals surface area contributed by atoms with Crippen molar-refractivity contribution >= 4 is 11.5 Å². The average Bonchev–Trinajstić information content (AvgIpc) is 2.99. The minimum atomic E-state index is -1.00. The van der Waals surface area contributed by atoms with Gasteiger partial charge in [-0.15, -0.1) is 0 Å². The van der Waals surface area contributed by atoms with Gasteiger partial charge in [0.05, 0.1) is 13.2 Å². The highest BCUT2D eigenvalue weighted by molar-refractivity contribution is 5.96. The van der Waals surface area contributed by atoms with E-state index in [-0.39, 0.29) is 0 Å². The zero-order valence-corrected chi connectivity index (χ0v) is 16.5. The summed E-state index contributed by atoms with van der Waals surface area (Å²) in [7, 11) is 0. The van der Waals surface area contributed by atoms with Crippen LogP contribution < -0.4 is 9.64 Å². The van der Waals surface area contributed by atoms with Crippen molar-refractivity contribution in [2.75, 3.05) is 24.6 Å². The van der Waals surface area contributed by atoms with Crippen LogP contribution >= 0.6 is 0 Å². The first kappa shape index (κ1) is 18.1. The largest absolute Gasteiger partial charge is 0.494 e. The van der Waals surface area contributed by atoms with Gasteiger partial charge in [-0.1, -0.05) is 12.1 Å². The zero-order chi connectivity index (χ0) is 19.0. The van der Waals surface area contributed by atoms with Crippen LogP contribution in [0.5, 0.6) is 5.75 Å². The van der Waals surface area contributed by atoms with E-state index in [1.54, 1.807) is 0 Å². The molecule has 1 atom stereocenters. The van der Waals surface area contributed by atoms with Crippen LogP contribution in [0.2, 0.25) is 0 Å². The number of anilines is 1. The van der Waals surface area contributed by atoms with Gasteiger partial charge in [0.15, 0.2) is 6.54 Å². The van der Waals surface area contributed by atoms with Gasteiger partial charge in [0.25, 0.3) is 11.6 Å². The number of hydrogen-bond donors (Lipinski definition) is 1. The summed E-state index contributed by atoms with van der Waals surface area (Å²) < 4.78 is 7.79. The molecule has 0 aliphatic carbocycles. The van der Waals surface area contributed by atoms with Crippen LogP contribution in [0.1, 0.15) is 42.9 Å². The van der Waals surface area contributed by atoms with Crippen LogP contribution in [0.3, 0.4) is 0 Å². The Morgan fingerprint density at radius 1 is 1.11 bits per heavy atom. The molecule has 0 amide bonds. The smallest absolute Gasteiger partial charge is 0.271 e. The molecule has 2 aromatic rings. The molecule has 1 N–H and O–H groups in total. The summed E-state index contributed by atoms with van der Waals surface area (Å²) in [4.78, 5) is 2.33. The number of β-amino-alcohol motifs (C(OH)–C–C–N with tert-alkyl or cyclic N) is 1. The Labute approximate surface area is 161 Å². The SMILES string of the molecule is CCOc1ccc([C@]2(O)CN(c3cc(C)ccc3C)C3=[N+]2CCCC3)cc1. The number of rotatable bonds is 4. The Kier molecular flexibility index (Phi) is 4.68. The molecule has 4 nitrogen and oxygen atoms in total. The number of ether oxygens (including phenoxy) is 1. The van der Waals surface area contributed by atoms with Crippen LogP contribution in [0, 0.1) is 13.8 Å². The Morgan fingerprint density at radius 2 is 1.89 bits per heavy atom. The molecule has 0 aromatic heterocycles. The van der Waals surface area contributed by atoms with E-state index in [0.29, 0.717) is 13.2 Å². The molecule has 0 saturated heterocycles. The summed E-state index contributed by atoms with van der Waals surface area (Å²) in [6, 6.07) is 14.5. The quantitative estimate of drug-likeness (QED) is 0.833. The Bertz CT molecular complexity index is 872. The van der Waals surface area contributed by atoms with Gasteiger partial charge in [-0.3, -0.25) is 0 Å². The van der Waals surface area contributed by atoms with E-state index >= 15 is 0 Å². The Morgan fingerprint density at radius 3 is 2.63 bits per heavy atom. The van der Waals surface area contributed by atoms with Gasteiger partial charge >= 0.3 is 0 Å². The van der Waals surface area contributed by atoms with Crippen LogP contribution in [0.15, 0.2) is 42.5 Å². The van der Waals surface area contributed by atoms with Gasteiger partial charge in [0.1, 0.15) is 11.4 Å². The molecule has 0 radical (unpaired) electrons. The first-order chi connectivity index (χ1) is 13.0. The molecule has 2 heterocycles. The predicted molar refractivity (Wildman–Crippen MR) is 109 cm³/mol. The van der Waals surface area contributed by atoms with Crippen LogP contribution in [-0.4, -0.2) is 35.2 Å².